The number of nitrogens with zero attached hydrogens (tertiary/aromatic N) is 2. The third-order valence-electron chi connectivity index (χ3n) is 5.13. The van der Waals surface area contributed by atoms with E-state index in [0.717, 1.165) is 28.4 Å². The first-order valence-corrected chi connectivity index (χ1v) is 11.0. The van der Waals surface area contributed by atoms with Crippen LogP contribution in [-0.2, 0) is 21.2 Å². The van der Waals surface area contributed by atoms with Crippen molar-refractivity contribution in [2.24, 2.45) is 0 Å². The maximum atomic E-state index is 13.2. The summed E-state index contributed by atoms with van der Waals surface area (Å²) in [5, 5.41) is 0. The van der Waals surface area contributed by atoms with Gasteiger partial charge in [-0.2, -0.15) is 4.31 Å². The number of para-hydroxylation sites is 1. The summed E-state index contributed by atoms with van der Waals surface area (Å²) in [4.78, 5) is 15.0. The molecule has 0 aliphatic carbocycles. The van der Waals surface area contributed by atoms with Crippen LogP contribution in [0.4, 0.5) is 5.69 Å². The maximum Gasteiger partial charge on any atom is 0.243 e. The Morgan fingerprint density at radius 2 is 1.93 bits per heavy atom. The minimum Gasteiger partial charge on any atom is -0.497 e. The van der Waals surface area contributed by atoms with Gasteiger partial charge in [-0.05, 0) is 55.7 Å². The molecule has 0 saturated carbocycles. The van der Waals surface area contributed by atoms with Crippen LogP contribution >= 0.6 is 0 Å². The predicted octanol–water partition coefficient (Wildman–Crippen LogP) is 3.24. The van der Waals surface area contributed by atoms with E-state index in [0.29, 0.717) is 5.75 Å². The molecular formula is C22H26N2O4S. The molecular weight excluding hydrogens is 388 g/mol. The molecule has 0 radical (unpaired) electrons. The van der Waals surface area contributed by atoms with Crippen LogP contribution in [0.15, 0.2) is 66.1 Å². The SMILES string of the molecule is C=CCN(CC(=O)N1c2ccccc2CC[C@H]1C)S(=O)(=O)c1ccc(OC)cc1. The Morgan fingerprint density at radius 3 is 2.59 bits per heavy atom. The molecule has 154 valence electrons. The number of ether oxygens (including phenoxy) is 1. The molecule has 0 N–H and O–H groups in total. The Hall–Kier alpha value is -2.64. The first-order valence-electron chi connectivity index (χ1n) is 9.53. The van der Waals surface area contributed by atoms with Crippen LogP contribution in [0.5, 0.6) is 5.75 Å². The molecule has 0 unspecified atom stereocenters. The van der Waals surface area contributed by atoms with E-state index in [-0.39, 0.29) is 29.9 Å². The van der Waals surface area contributed by atoms with Crippen molar-refractivity contribution >= 4 is 21.6 Å². The summed E-state index contributed by atoms with van der Waals surface area (Å²) in [7, 11) is -2.34. The number of benzene rings is 2. The summed E-state index contributed by atoms with van der Waals surface area (Å²) in [6, 6.07) is 13.9. The van der Waals surface area contributed by atoms with Crippen molar-refractivity contribution in [3.05, 3.63) is 66.7 Å². The lowest BCUT2D eigenvalue weighted by Crippen LogP contribution is -2.48. The third-order valence-corrected chi connectivity index (χ3v) is 6.96. The highest BCUT2D eigenvalue weighted by molar-refractivity contribution is 7.89. The second-order valence-corrected chi connectivity index (χ2v) is 8.98. The minimum atomic E-state index is -3.86. The van der Waals surface area contributed by atoms with Gasteiger partial charge >= 0.3 is 0 Å². The van der Waals surface area contributed by atoms with Gasteiger partial charge in [0, 0.05) is 18.3 Å². The molecule has 0 saturated heterocycles. The van der Waals surface area contributed by atoms with Gasteiger partial charge in [-0.3, -0.25) is 4.79 Å². The zero-order chi connectivity index (χ0) is 21.0. The summed E-state index contributed by atoms with van der Waals surface area (Å²) in [6.45, 7) is 5.44. The van der Waals surface area contributed by atoms with Gasteiger partial charge < -0.3 is 9.64 Å². The van der Waals surface area contributed by atoms with Crippen LogP contribution < -0.4 is 9.64 Å². The molecule has 2 aromatic rings. The van der Waals surface area contributed by atoms with E-state index in [1.165, 1.54) is 25.3 Å². The van der Waals surface area contributed by atoms with Gasteiger partial charge in [-0.1, -0.05) is 24.3 Å². The third kappa shape index (κ3) is 4.36. The zero-order valence-corrected chi connectivity index (χ0v) is 17.6. The van der Waals surface area contributed by atoms with E-state index in [2.05, 4.69) is 6.58 Å². The number of amides is 1. The lowest BCUT2D eigenvalue weighted by molar-refractivity contribution is -0.119. The van der Waals surface area contributed by atoms with Gasteiger partial charge in [-0.15, -0.1) is 6.58 Å². The molecule has 1 amide bonds. The number of hydrogen-bond donors (Lipinski definition) is 0. The molecule has 2 aromatic carbocycles. The number of fused-ring (bicyclic) bond motifs is 1. The highest BCUT2D eigenvalue weighted by Gasteiger charge is 2.32. The summed E-state index contributed by atoms with van der Waals surface area (Å²) in [5.41, 5.74) is 1.96. The van der Waals surface area contributed by atoms with Crippen molar-refractivity contribution in [1.29, 1.82) is 0 Å². The van der Waals surface area contributed by atoms with Gasteiger partial charge in [0.15, 0.2) is 0 Å². The van der Waals surface area contributed by atoms with E-state index < -0.39 is 10.0 Å². The van der Waals surface area contributed by atoms with E-state index in [1.807, 2.05) is 31.2 Å². The van der Waals surface area contributed by atoms with Crippen molar-refractivity contribution in [2.75, 3.05) is 25.1 Å². The van der Waals surface area contributed by atoms with E-state index in [4.69, 9.17) is 4.74 Å². The zero-order valence-electron chi connectivity index (χ0n) is 16.7. The largest absolute Gasteiger partial charge is 0.497 e. The smallest absolute Gasteiger partial charge is 0.243 e. The van der Waals surface area contributed by atoms with E-state index in [9.17, 15) is 13.2 Å². The Morgan fingerprint density at radius 1 is 1.24 bits per heavy atom. The highest BCUT2D eigenvalue weighted by Crippen LogP contribution is 2.31. The number of carbonyl (C=O) groups is 1. The first kappa shape index (κ1) is 21.1. The Bertz CT molecular complexity index is 986. The van der Waals surface area contributed by atoms with Crippen molar-refractivity contribution < 1.29 is 17.9 Å². The molecule has 0 spiro atoms. The molecule has 1 atom stereocenters. The number of methoxy groups -OCH3 is 1. The van der Waals surface area contributed by atoms with Crippen molar-refractivity contribution in [3.63, 3.8) is 0 Å². The number of aryl methyl sites for hydroxylation is 1. The lowest BCUT2D eigenvalue weighted by atomic mass is 9.96. The quantitative estimate of drug-likeness (QED) is 0.653. The molecule has 1 aliphatic rings. The summed E-state index contributed by atoms with van der Waals surface area (Å²) >= 11 is 0. The van der Waals surface area contributed by atoms with Gasteiger partial charge in [0.05, 0.1) is 18.6 Å². The summed E-state index contributed by atoms with van der Waals surface area (Å²) in [6.07, 6.45) is 3.24. The molecule has 6 nitrogen and oxygen atoms in total. The minimum absolute atomic E-state index is 0.00618. The van der Waals surface area contributed by atoms with Gasteiger partial charge in [-0.25, -0.2) is 8.42 Å². The number of carbonyl (C=O) groups excluding carboxylic acids is 1. The van der Waals surface area contributed by atoms with Gasteiger partial charge in [0.1, 0.15) is 5.75 Å². The van der Waals surface area contributed by atoms with Crippen molar-refractivity contribution in [2.45, 2.75) is 30.7 Å². The van der Waals surface area contributed by atoms with Crippen LogP contribution in [0, 0.1) is 0 Å². The van der Waals surface area contributed by atoms with Crippen LogP contribution in [0.3, 0.4) is 0 Å². The lowest BCUT2D eigenvalue weighted by Gasteiger charge is -2.36. The topological polar surface area (TPSA) is 66.9 Å². The molecule has 1 aliphatic heterocycles. The average Bonchev–Trinajstić information content (AvgIpc) is 2.73. The number of rotatable bonds is 7. The Labute approximate surface area is 172 Å². The van der Waals surface area contributed by atoms with Gasteiger partial charge in [0.2, 0.25) is 15.9 Å². The fourth-order valence-corrected chi connectivity index (χ4v) is 4.94. The Balaban J connectivity index is 1.88. The summed E-state index contributed by atoms with van der Waals surface area (Å²) < 4.78 is 32.5. The number of anilines is 1. The first-order chi connectivity index (χ1) is 13.9. The highest BCUT2D eigenvalue weighted by atomic mass is 32.2. The number of hydrogen-bond acceptors (Lipinski definition) is 4. The van der Waals surface area contributed by atoms with Crippen LogP contribution in [0.2, 0.25) is 0 Å². The predicted molar refractivity (Wildman–Crippen MR) is 114 cm³/mol. The van der Waals surface area contributed by atoms with Gasteiger partial charge in [0.25, 0.3) is 0 Å². The van der Waals surface area contributed by atoms with Crippen LogP contribution in [-0.4, -0.2) is 44.9 Å². The molecule has 29 heavy (non-hydrogen) atoms. The second kappa shape index (κ2) is 8.80. The fraction of sp³-hybridized carbons (Fsp3) is 0.318. The van der Waals surface area contributed by atoms with E-state index >= 15 is 0 Å². The van der Waals surface area contributed by atoms with Crippen molar-refractivity contribution in [1.82, 2.24) is 4.31 Å². The molecule has 1 heterocycles. The number of sulfonamides is 1. The Kier molecular flexibility index (Phi) is 6.39. The van der Waals surface area contributed by atoms with Crippen molar-refractivity contribution in [3.8, 4) is 5.75 Å². The van der Waals surface area contributed by atoms with Crippen LogP contribution in [0.1, 0.15) is 18.9 Å². The fourth-order valence-electron chi connectivity index (χ4n) is 3.58. The maximum absolute atomic E-state index is 13.2. The van der Waals surface area contributed by atoms with Crippen LogP contribution in [0.25, 0.3) is 0 Å². The monoisotopic (exact) mass is 414 g/mol. The molecule has 3 rings (SSSR count). The second-order valence-electron chi connectivity index (χ2n) is 7.04. The molecule has 7 heteroatoms. The van der Waals surface area contributed by atoms with E-state index in [1.54, 1.807) is 17.0 Å². The molecule has 0 bridgehead atoms. The average molecular weight is 415 g/mol. The normalized spacial score (nSPS) is 16.4. The standard InChI is InChI=1S/C22H26N2O4S/c1-4-15-23(29(26,27)20-13-11-19(28-3)12-14-20)16-22(25)24-17(2)9-10-18-7-5-6-8-21(18)24/h4-8,11-14,17H,1,9-10,15-16H2,2-3H3/t17-/m1/s1. The summed E-state index contributed by atoms with van der Waals surface area (Å²) in [5.74, 6) is 0.317. The molecule has 0 aromatic heterocycles. The molecule has 0 fully saturated rings.